The van der Waals surface area contributed by atoms with Crippen LogP contribution in [0.3, 0.4) is 0 Å². The molecule has 2 aromatic heterocycles. The van der Waals surface area contributed by atoms with Gasteiger partial charge in [0.15, 0.2) is 5.82 Å². The average molecular weight is 293 g/mol. The van der Waals surface area contributed by atoms with E-state index in [1.165, 1.54) is 0 Å². The molecule has 0 saturated heterocycles. The molecular weight excluding hydrogens is 278 g/mol. The molecular formula is C17H15N3S. The van der Waals surface area contributed by atoms with E-state index in [4.69, 9.17) is 12.2 Å². The van der Waals surface area contributed by atoms with E-state index in [1.807, 2.05) is 44.2 Å². The number of H-pyrrole nitrogens is 1. The lowest BCUT2D eigenvalue weighted by atomic mass is 10.1. The second-order valence-electron chi connectivity index (χ2n) is 4.98. The van der Waals surface area contributed by atoms with Crippen molar-refractivity contribution in [3.63, 3.8) is 0 Å². The number of pyridine rings is 1. The number of aryl methyl sites for hydroxylation is 1. The summed E-state index contributed by atoms with van der Waals surface area (Å²) in [5, 5.41) is 0. The quantitative estimate of drug-likeness (QED) is 0.708. The highest BCUT2D eigenvalue weighted by molar-refractivity contribution is 7.71. The molecule has 4 heteroatoms. The topological polar surface area (TPSA) is 41.6 Å². The lowest BCUT2D eigenvalue weighted by Gasteiger charge is -2.09. The molecule has 104 valence electrons. The van der Waals surface area contributed by atoms with Crippen LogP contribution in [0.1, 0.15) is 11.1 Å². The number of aromatic amines is 1. The van der Waals surface area contributed by atoms with Crippen LogP contribution in [0.2, 0.25) is 0 Å². The van der Waals surface area contributed by atoms with Crippen LogP contribution in [-0.4, -0.2) is 15.0 Å². The Morgan fingerprint density at radius 2 is 1.81 bits per heavy atom. The van der Waals surface area contributed by atoms with Gasteiger partial charge in [-0.3, -0.25) is 4.98 Å². The molecule has 0 unspecified atom stereocenters. The molecule has 0 saturated carbocycles. The lowest BCUT2D eigenvalue weighted by molar-refractivity contribution is 1.10. The van der Waals surface area contributed by atoms with Gasteiger partial charge in [-0.25, -0.2) is 4.98 Å². The molecule has 3 nitrogen and oxygen atoms in total. The predicted octanol–water partition coefficient (Wildman–Crippen LogP) is 4.49. The number of benzene rings is 1. The first-order valence-corrected chi connectivity index (χ1v) is 7.15. The molecule has 0 radical (unpaired) electrons. The van der Waals surface area contributed by atoms with Gasteiger partial charge >= 0.3 is 0 Å². The normalized spacial score (nSPS) is 10.6. The first-order valence-electron chi connectivity index (χ1n) is 6.74. The maximum atomic E-state index is 5.40. The molecule has 0 bridgehead atoms. The van der Waals surface area contributed by atoms with Crippen LogP contribution in [0.25, 0.3) is 22.8 Å². The Balaban J connectivity index is 2.21. The van der Waals surface area contributed by atoms with Crippen molar-refractivity contribution in [2.75, 3.05) is 0 Å². The van der Waals surface area contributed by atoms with E-state index in [2.05, 4.69) is 27.1 Å². The Morgan fingerprint density at radius 3 is 2.52 bits per heavy atom. The van der Waals surface area contributed by atoms with Gasteiger partial charge in [-0.15, -0.1) is 0 Å². The Hall–Kier alpha value is -2.33. The lowest BCUT2D eigenvalue weighted by Crippen LogP contribution is -1.98. The minimum absolute atomic E-state index is 0.603. The number of aromatic nitrogens is 3. The molecule has 0 amide bonds. The predicted molar refractivity (Wildman–Crippen MR) is 87.6 cm³/mol. The number of rotatable bonds is 2. The SMILES string of the molecule is Cc1ccnc(-c2nc(=S)c(C)c(-c3ccccc3)[nH]2)c1. The molecule has 0 aliphatic heterocycles. The molecule has 1 aromatic carbocycles. The Kier molecular flexibility index (Phi) is 3.62. The van der Waals surface area contributed by atoms with Gasteiger partial charge in [0, 0.05) is 11.8 Å². The summed E-state index contributed by atoms with van der Waals surface area (Å²) < 4.78 is 0.603. The zero-order valence-corrected chi connectivity index (χ0v) is 12.7. The third-order valence-corrected chi connectivity index (χ3v) is 3.77. The number of hydrogen-bond acceptors (Lipinski definition) is 3. The smallest absolute Gasteiger partial charge is 0.158 e. The standard InChI is InChI=1S/C17H15N3S/c1-11-8-9-18-14(10-11)16-19-15(12(2)17(21)20-16)13-6-4-3-5-7-13/h3-10H,1-2H3,(H,19,20,21). The fourth-order valence-corrected chi connectivity index (χ4v) is 2.41. The van der Waals surface area contributed by atoms with Crippen molar-refractivity contribution < 1.29 is 0 Å². The van der Waals surface area contributed by atoms with Crippen molar-refractivity contribution in [1.82, 2.24) is 15.0 Å². The van der Waals surface area contributed by atoms with E-state index < -0.39 is 0 Å². The van der Waals surface area contributed by atoms with E-state index in [9.17, 15) is 0 Å². The summed E-state index contributed by atoms with van der Waals surface area (Å²) in [6.45, 7) is 4.02. The molecule has 2 heterocycles. The van der Waals surface area contributed by atoms with Gasteiger partial charge in [-0.2, -0.15) is 0 Å². The van der Waals surface area contributed by atoms with Gasteiger partial charge in [-0.1, -0.05) is 42.5 Å². The summed E-state index contributed by atoms with van der Waals surface area (Å²) in [5.74, 6) is 0.702. The van der Waals surface area contributed by atoms with Gasteiger partial charge in [-0.05, 0) is 37.1 Å². The molecule has 0 aliphatic carbocycles. The van der Waals surface area contributed by atoms with Crippen LogP contribution >= 0.6 is 12.2 Å². The van der Waals surface area contributed by atoms with Gasteiger partial charge in [0.2, 0.25) is 0 Å². The molecule has 3 aromatic rings. The van der Waals surface area contributed by atoms with E-state index in [-0.39, 0.29) is 0 Å². The van der Waals surface area contributed by atoms with Gasteiger partial charge in [0.1, 0.15) is 10.3 Å². The highest BCUT2D eigenvalue weighted by atomic mass is 32.1. The van der Waals surface area contributed by atoms with E-state index in [0.29, 0.717) is 10.5 Å². The zero-order chi connectivity index (χ0) is 14.8. The molecule has 0 aliphatic rings. The van der Waals surface area contributed by atoms with Gasteiger partial charge in [0.25, 0.3) is 0 Å². The summed E-state index contributed by atoms with van der Waals surface area (Å²) in [7, 11) is 0. The number of nitrogens with one attached hydrogen (secondary N) is 1. The van der Waals surface area contributed by atoms with Crippen molar-refractivity contribution in [2.45, 2.75) is 13.8 Å². The van der Waals surface area contributed by atoms with E-state index >= 15 is 0 Å². The maximum Gasteiger partial charge on any atom is 0.158 e. The van der Waals surface area contributed by atoms with Crippen LogP contribution in [-0.2, 0) is 0 Å². The van der Waals surface area contributed by atoms with Gasteiger partial charge < -0.3 is 4.98 Å². The van der Waals surface area contributed by atoms with E-state index in [0.717, 1.165) is 28.1 Å². The summed E-state index contributed by atoms with van der Waals surface area (Å²) in [4.78, 5) is 12.2. The van der Waals surface area contributed by atoms with Crippen LogP contribution in [0.15, 0.2) is 48.7 Å². The highest BCUT2D eigenvalue weighted by Crippen LogP contribution is 2.24. The summed E-state index contributed by atoms with van der Waals surface area (Å²) in [5.41, 5.74) is 5.01. The van der Waals surface area contributed by atoms with Crippen LogP contribution < -0.4 is 0 Å². The summed E-state index contributed by atoms with van der Waals surface area (Å²) >= 11 is 5.40. The van der Waals surface area contributed by atoms with Crippen molar-refractivity contribution in [3.8, 4) is 22.8 Å². The average Bonchev–Trinajstić information content (AvgIpc) is 2.51. The third kappa shape index (κ3) is 2.76. The van der Waals surface area contributed by atoms with Crippen LogP contribution in [0, 0.1) is 18.5 Å². The van der Waals surface area contributed by atoms with E-state index in [1.54, 1.807) is 6.20 Å². The highest BCUT2D eigenvalue weighted by Gasteiger charge is 2.09. The van der Waals surface area contributed by atoms with Crippen LogP contribution in [0.4, 0.5) is 0 Å². The summed E-state index contributed by atoms with van der Waals surface area (Å²) in [6.07, 6.45) is 1.78. The Bertz CT molecular complexity index is 838. The first-order chi connectivity index (χ1) is 10.1. The minimum Gasteiger partial charge on any atom is -0.338 e. The zero-order valence-electron chi connectivity index (χ0n) is 11.9. The summed E-state index contributed by atoms with van der Waals surface area (Å²) in [6, 6.07) is 14.1. The monoisotopic (exact) mass is 293 g/mol. The molecule has 21 heavy (non-hydrogen) atoms. The third-order valence-electron chi connectivity index (χ3n) is 3.37. The van der Waals surface area contributed by atoms with Crippen molar-refractivity contribution >= 4 is 12.2 Å². The second-order valence-corrected chi connectivity index (χ2v) is 5.36. The number of nitrogens with zero attached hydrogens (tertiary/aromatic N) is 2. The Labute approximate surface area is 128 Å². The molecule has 1 N–H and O–H groups in total. The number of hydrogen-bond donors (Lipinski definition) is 1. The molecule has 0 spiro atoms. The molecule has 0 atom stereocenters. The Morgan fingerprint density at radius 1 is 1.05 bits per heavy atom. The first kappa shape index (κ1) is 13.6. The molecule has 3 rings (SSSR count). The van der Waals surface area contributed by atoms with Crippen molar-refractivity contribution in [1.29, 1.82) is 0 Å². The van der Waals surface area contributed by atoms with Crippen molar-refractivity contribution in [2.24, 2.45) is 0 Å². The second kappa shape index (κ2) is 5.58. The largest absolute Gasteiger partial charge is 0.338 e. The fraction of sp³-hybridized carbons (Fsp3) is 0.118. The minimum atomic E-state index is 0.603. The maximum absolute atomic E-state index is 5.40. The van der Waals surface area contributed by atoms with Gasteiger partial charge in [0.05, 0.1) is 5.69 Å². The fourth-order valence-electron chi connectivity index (χ4n) is 2.21. The molecule has 0 fully saturated rings. The van der Waals surface area contributed by atoms with Crippen LogP contribution in [0.5, 0.6) is 0 Å². The van der Waals surface area contributed by atoms with Crippen molar-refractivity contribution in [3.05, 3.63) is 64.4 Å².